The van der Waals surface area contributed by atoms with Crippen LogP contribution in [0.2, 0.25) is 0 Å². The minimum atomic E-state index is -0.676. The first-order valence-corrected chi connectivity index (χ1v) is 9.81. The number of likely N-dealkylation sites (tertiary alicyclic amines) is 1. The first-order valence-electron chi connectivity index (χ1n) is 9.81. The van der Waals surface area contributed by atoms with E-state index in [9.17, 15) is 14.7 Å². The highest BCUT2D eigenvalue weighted by atomic mass is 16.5. The number of aryl methyl sites for hydroxylation is 1. The second kappa shape index (κ2) is 8.47. The second-order valence-corrected chi connectivity index (χ2v) is 7.43. The molecule has 0 saturated carbocycles. The van der Waals surface area contributed by atoms with E-state index in [2.05, 4.69) is 4.98 Å². The number of carbonyl (C=O) groups excluding carboxylic acids is 2. The molecule has 2 aromatic rings. The van der Waals surface area contributed by atoms with Crippen molar-refractivity contribution >= 4 is 17.4 Å². The minimum absolute atomic E-state index is 0.0260. The molecule has 1 N–H and O–H groups in total. The lowest BCUT2D eigenvalue weighted by Crippen LogP contribution is -2.30. The van der Waals surface area contributed by atoms with Crippen LogP contribution in [0.15, 0.2) is 48.3 Å². The monoisotopic (exact) mass is 394 g/mol. The van der Waals surface area contributed by atoms with Crippen LogP contribution in [0, 0.1) is 6.92 Å². The Labute approximate surface area is 170 Å². The fourth-order valence-corrected chi connectivity index (χ4v) is 3.57. The molecule has 1 atom stereocenters. The van der Waals surface area contributed by atoms with E-state index in [4.69, 9.17) is 4.74 Å². The summed E-state index contributed by atoms with van der Waals surface area (Å²) in [6, 6.07) is 8.14. The number of amides is 1. The van der Waals surface area contributed by atoms with Crippen LogP contribution >= 0.6 is 0 Å². The Morgan fingerprint density at radius 3 is 2.62 bits per heavy atom. The molecule has 1 aromatic heterocycles. The molecule has 0 spiro atoms. The predicted molar refractivity (Wildman–Crippen MR) is 110 cm³/mol. The average molecular weight is 394 g/mol. The molecule has 0 radical (unpaired) electrons. The average Bonchev–Trinajstić information content (AvgIpc) is 2.94. The number of ether oxygens (including phenoxy) is 1. The van der Waals surface area contributed by atoms with Gasteiger partial charge < -0.3 is 14.7 Å². The molecular weight excluding hydrogens is 368 g/mol. The molecule has 1 saturated heterocycles. The highest BCUT2D eigenvalue weighted by Gasteiger charge is 2.45. The Hall–Kier alpha value is -3.15. The summed E-state index contributed by atoms with van der Waals surface area (Å²) in [7, 11) is 0. The first-order chi connectivity index (χ1) is 13.8. The van der Waals surface area contributed by atoms with Gasteiger partial charge in [0.15, 0.2) is 0 Å². The van der Waals surface area contributed by atoms with Crippen molar-refractivity contribution in [1.29, 1.82) is 0 Å². The summed E-state index contributed by atoms with van der Waals surface area (Å²) in [5.41, 5.74) is 2.09. The SMILES string of the molecule is CCCN1C(=O)C(=O)/C(=C(\O)c2ccc(OC(C)C)c(C)c2)C1c1cccnc1. The number of ketones is 1. The molecule has 6 heteroatoms. The standard InChI is InChI=1S/C23H26N2O4/c1-5-11-25-20(17-7-6-10-24-13-17)19(22(27)23(25)28)21(26)16-8-9-18(15(4)12-16)29-14(2)3/h6-10,12-14,20,26H,5,11H2,1-4H3/b21-19-. The van der Waals surface area contributed by atoms with Gasteiger partial charge in [-0.3, -0.25) is 14.6 Å². The molecule has 0 aliphatic carbocycles. The van der Waals surface area contributed by atoms with E-state index in [-0.39, 0.29) is 17.4 Å². The molecule has 3 rings (SSSR count). The third kappa shape index (κ3) is 4.01. The summed E-state index contributed by atoms with van der Waals surface area (Å²) in [4.78, 5) is 31.1. The number of aromatic nitrogens is 1. The van der Waals surface area contributed by atoms with Crippen molar-refractivity contribution in [2.75, 3.05) is 6.54 Å². The van der Waals surface area contributed by atoms with Crippen LogP contribution in [-0.2, 0) is 9.59 Å². The largest absolute Gasteiger partial charge is 0.507 e. The Bertz CT molecular complexity index is 951. The van der Waals surface area contributed by atoms with Crippen LogP contribution in [0.5, 0.6) is 5.75 Å². The summed E-state index contributed by atoms with van der Waals surface area (Å²) in [5.74, 6) is -0.745. The lowest BCUT2D eigenvalue weighted by molar-refractivity contribution is -0.139. The number of carbonyl (C=O) groups is 2. The van der Waals surface area contributed by atoms with Gasteiger partial charge in [0.25, 0.3) is 11.7 Å². The maximum absolute atomic E-state index is 12.8. The smallest absolute Gasteiger partial charge is 0.295 e. The van der Waals surface area contributed by atoms with Gasteiger partial charge in [-0.15, -0.1) is 0 Å². The molecule has 152 valence electrons. The van der Waals surface area contributed by atoms with E-state index < -0.39 is 17.7 Å². The predicted octanol–water partition coefficient (Wildman–Crippen LogP) is 4.01. The number of aliphatic hydroxyl groups is 1. The fraction of sp³-hybridized carbons (Fsp3) is 0.348. The summed E-state index contributed by atoms with van der Waals surface area (Å²) >= 11 is 0. The van der Waals surface area contributed by atoms with E-state index >= 15 is 0 Å². The molecule has 1 amide bonds. The van der Waals surface area contributed by atoms with E-state index in [1.165, 1.54) is 4.90 Å². The van der Waals surface area contributed by atoms with Gasteiger partial charge >= 0.3 is 0 Å². The molecule has 2 heterocycles. The van der Waals surface area contributed by atoms with E-state index in [1.807, 2.05) is 33.8 Å². The maximum atomic E-state index is 12.8. The van der Waals surface area contributed by atoms with Crippen molar-refractivity contribution in [3.8, 4) is 5.75 Å². The van der Waals surface area contributed by atoms with Gasteiger partial charge in [-0.05, 0) is 62.6 Å². The lowest BCUT2D eigenvalue weighted by Gasteiger charge is -2.24. The Kier molecular flexibility index (Phi) is 6.01. The second-order valence-electron chi connectivity index (χ2n) is 7.43. The Balaban J connectivity index is 2.12. The van der Waals surface area contributed by atoms with Gasteiger partial charge in [0.2, 0.25) is 0 Å². The van der Waals surface area contributed by atoms with E-state index in [0.717, 1.165) is 5.56 Å². The van der Waals surface area contributed by atoms with Gasteiger partial charge in [-0.25, -0.2) is 0 Å². The summed E-state index contributed by atoms with van der Waals surface area (Å²) < 4.78 is 5.75. The molecule has 0 bridgehead atoms. The van der Waals surface area contributed by atoms with Crippen LogP contribution in [-0.4, -0.2) is 39.3 Å². The van der Waals surface area contributed by atoms with Crippen LogP contribution in [0.4, 0.5) is 0 Å². The molecule has 1 unspecified atom stereocenters. The fourth-order valence-electron chi connectivity index (χ4n) is 3.57. The third-order valence-corrected chi connectivity index (χ3v) is 4.82. The molecule has 29 heavy (non-hydrogen) atoms. The van der Waals surface area contributed by atoms with Crippen LogP contribution < -0.4 is 4.74 Å². The number of aliphatic hydroxyl groups excluding tert-OH is 1. The number of nitrogens with zero attached hydrogens (tertiary/aromatic N) is 2. The van der Waals surface area contributed by atoms with Crippen LogP contribution in [0.25, 0.3) is 5.76 Å². The van der Waals surface area contributed by atoms with Gasteiger partial charge in [0, 0.05) is 24.5 Å². The summed E-state index contributed by atoms with van der Waals surface area (Å²) in [6.45, 7) is 8.12. The highest BCUT2D eigenvalue weighted by Crippen LogP contribution is 2.39. The van der Waals surface area contributed by atoms with E-state index in [1.54, 1.807) is 36.7 Å². The number of hydrogen-bond donors (Lipinski definition) is 1. The van der Waals surface area contributed by atoms with Crippen molar-refractivity contribution in [3.63, 3.8) is 0 Å². The van der Waals surface area contributed by atoms with Gasteiger partial charge in [-0.2, -0.15) is 0 Å². The van der Waals surface area contributed by atoms with Gasteiger partial charge in [0.1, 0.15) is 11.5 Å². The minimum Gasteiger partial charge on any atom is -0.507 e. The maximum Gasteiger partial charge on any atom is 0.295 e. The number of pyridine rings is 1. The van der Waals surface area contributed by atoms with Crippen LogP contribution in [0.1, 0.15) is 49.9 Å². The van der Waals surface area contributed by atoms with Gasteiger partial charge in [0.05, 0.1) is 17.7 Å². The molecule has 6 nitrogen and oxygen atoms in total. The van der Waals surface area contributed by atoms with Crippen molar-refractivity contribution in [3.05, 3.63) is 65.0 Å². The quantitative estimate of drug-likeness (QED) is 0.455. The number of rotatable bonds is 6. The molecule has 1 aliphatic rings. The van der Waals surface area contributed by atoms with Crippen molar-refractivity contribution in [2.45, 2.75) is 46.3 Å². The molecule has 1 aliphatic heterocycles. The third-order valence-electron chi connectivity index (χ3n) is 4.82. The van der Waals surface area contributed by atoms with Crippen molar-refractivity contribution < 1.29 is 19.4 Å². The first kappa shape index (κ1) is 20.6. The lowest BCUT2D eigenvalue weighted by atomic mass is 9.95. The topological polar surface area (TPSA) is 79.7 Å². The zero-order valence-electron chi connectivity index (χ0n) is 17.2. The number of Topliss-reactive ketones (excluding diaryl/α,β-unsaturated/α-hetero) is 1. The normalized spacial score (nSPS) is 18.5. The Morgan fingerprint density at radius 1 is 1.28 bits per heavy atom. The van der Waals surface area contributed by atoms with Gasteiger partial charge in [-0.1, -0.05) is 13.0 Å². The zero-order chi connectivity index (χ0) is 21.1. The zero-order valence-corrected chi connectivity index (χ0v) is 17.2. The number of hydrogen-bond acceptors (Lipinski definition) is 5. The Morgan fingerprint density at radius 2 is 2.03 bits per heavy atom. The summed E-state index contributed by atoms with van der Waals surface area (Å²) in [6.07, 6.45) is 3.98. The molecule has 1 fully saturated rings. The molecular formula is C23H26N2O4. The number of benzene rings is 1. The highest BCUT2D eigenvalue weighted by molar-refractivity contribution is 6.46. The summed E-state index contributed by atoms with van der Waals surface area (Å²) in [5, 5.41) is 11.0. The molecule has 1 aromatic carbocycles. The van der Waals surface area contributed by atoms with Crippen molar-refractivity contribution in [2.24, 2.45) is 0 Å². The van der Waals surface area contributed by atoms with Crippen molar-refractivity contribution in [1.82, 2.24) is 9.88 Å². The van der Waals surface area contributed by atoms with E-state index in [0.29, 0.717) is 29.8 Å². The van der Waals surface area contributed by atoms with Crippen LogP contribution in [0.3, 0.4) is 0 Å².